The van der Waals surface area contributed by atoms with Crippen LogP contribution in [-0.2, 0) is 6.54 Å². The second kappa shape index (κ2) is 7.68. The zero-order chi connectivity index (χ0) is 18.8. The van der Waals surface area contributed by atoms with Gasteiger partial charge in [-0.05, 0) is 44.0 Å². The van der Waals surface area contributed by atoms with Gasteiger partial charge < -0.3 is 9.64 Å². The van der Waals surface area contributed by atoms with Crippen LogP contribution in [0.4, 0.5) is 10.3 Å². The number of hydrogen-bond acceptors (Lipinski definition) is 5. The SMILES string of the molecule is COc1ccc(F)c(CN2CC[C@@H](c3cc(=O)[nH]c(N4CCCC4)n3)C2)c1. The molecule has 0 unspecified atom stereocenters. The van der Waals surface area contributed by atoms with Crippen molar-refractivity contribution in [3.05, 3.63) is 51.7 Å². The van der Waals surface area contributed by atoms with Gasteiger partial charge in [0.15, 0.2) is 0 Å². The molecule has 2 aliphatic rings. The molecule has 144 valence electrons. The zero-order valence-electron chi connectivity index (χ0n) is 15.6. The van der Waals surface area contributed by atoms with Gasteiger partial charge >= 0.3 is 0 Å². The summed E-state index contributed by atoms with van der Waals surface area (Å²) in [5, 5.41) is 0. The Morgan fingerprint density at radius 1 is 1.26 bits per heavy atom. The number of rotatable bonds is 5. The van der Waals surface area contributed by atoms with E-state index in [0.717, 1.165) is 51.1 Å². The Balaban J connectivity index is 1.47. The lowest BCUT2D eigenvalue weighted by atomic mass is 10.0. The maximum atomic E-state index is 14.1. The molecule has 27 heavy (non-hydrogen) atoms. The van der Waals surface area contributed by atoms with Crippen molar-refractivity contribution in [2.75, 3.05) is 38.2 Å². The lowest BCUT2D eigenvalue weighted by Crippen LogP contribution is -2.25. The van der Waals surface area contributed by atoms with Gasteiger partial charge in [0, 0.05) is 43.7 Å². The first-order chi connectivity index (χ1) is 13.1. The molecule has 2 saturated heterocycles. The number of ether oxygens (including phenoxy) is 1. The molecule has 0 radical (unpaired) electrons. The number of nitrogens with one attached hydrogen (secondary N) is 1. The third-order valence-electron chi connectivity index (χ3n) is 5.49. The van der Waals surface area contributed by atoms with Crippen LogP contribution in [0.15, 0.2) is 29.1 Å². The molecule has 1 atom stereocenters. The highest BCUT2D eigenvalue weighted by Gasteiger charge is 2.27. The molecular weight excluding hydrogens is 347 g/mol. The van der Waals surface area contributed by atoms with Crippen LogP contribution in [-0.4, -0.2) is 48.2 Å². The number of nitrogens with zero attached hydrogens (tertiary/aromatic N) is 3. The Morgan fingerprint density at radius 2 is 2.07 bits per heavy atom. The van der Waals surface area contributed by atoms with Gasteiger partial charge in [0.2, 0.25) is 5.95 Å². The summed E-state index contributed by atoms with van der Waals surface area (Å²) in [6.45, 7) is 4.04. The van der Waals surface area contributed by atoms with Crippen LogP contribution in [0.2, 0.25) is 0 Å². The molecule has 0 amide bonds. The molecule has 2 fully saturated rings. The van der Waals surface area contributed by atoms with Gasteiger partial charge in [-0.25, -0.2) is 9.37 Å². The lowest BCUT2D eigenvalue weighted by molar-refractivity contribution is 0.319. The van der Waals surface area contributed by atoms with E-state index in [0.29, 0.717) is 23.8 Å². The van der Waals surface area contributed by atoms with E-state index in [-0.39, 0.29) is 17.3 Å². The standard InChI is InChI=1S/C20H25FN4O2/c1-27-16-4-5-17(21)15(10-16)13-24-9-6-14(12-24)18-11-19(26)23-20(22-18)25-7-2-3-8-25/h4-5,10-11,14H,2-3,6-9,12-13H2,1H3,(H,22,23,26)/t14-/m1/s1. The fourth-order valence-corrected chi connectivity index (χ4v) is 4.01. The normalized spacial score (nSPS) is 20.4. The third kappa shape index (κ3) is 3.98. The summed E-state index contributed by atoms with van der Waals surface area (Å²) in [4.78, 5) is 24.1. The van der Waals surface area contributed by atoms with Crippen molar-refractivity contribution in [3.8, 4) is 5.75 Å². The van der Waals surface area contributed by atoms with Gasteiger partial charge in [-0.2, -0.15) is 0 Å². The molecule has 0 spiro atoms. The van der Waals surface area contributed by atoms with Crippen molar-refractivity contribution in [3.63, 3.8) is 0 Å². The van der Waals surface area contributed by atoms with E-state index in [1.807, 2.05) is 0 Å². The number of hydrogen-bond donors (Lipinski definition) is 1. The Hall–Kier alpha value is -2.41. The summed E-state index contributed by atoms with van der Waals surface area (Å²) >= 11 is 0. The summed E-state index contributed by atoms with van der Waals surface area (Å²) < 4.78 is 19.3. The van der Waals surface area contributed by atoms with E-state index >= 15 is 0 Å². The van der Waals surface area contributed by atoms with Crippen LogP contribution in [0.5, 0.6) is 5.75 Å². The number of aromatic nitrogens is 2. The minimum atomic E-state index is -0.218. The zero-order valence-corrected chi connectivity index (χ0v) is 15.6. The second-order valence-corrected chi connectivity index (χ2v) is 7.37. The molecular formula is C20H25FN4O2. The molecule has 1 aromatic carbocycles. The summed E-state index contributed by atoms with van der Waals surface area (Å²) in [5.74, 6) is 1.33. The van der Waals surface area contributed by atoms with Crippen LogP contribution in [0.1, 0.15) is 36.4 Å². The highest BCUT2D eigenvalue weighted by atomic mass is 19.1. The molecule has 3 heterocycles. The predicted octanol–water partition coefficient (Wildman–Crippen LogP) is 2.51. The molecule has 2 aliphatic heterocycles. The predicted molar refractivity (Wildman–Crippen MR) is 102 cm³/mol. The summed E-state index contributed by atoms with van der Waals surface area (Å²) in [5.41, 5.74) is 1.38. The minimum Gasteiger partial charge on any atom is -0.497 e. The Kier molecular flexibility index (Phi) is 5.11. The van der Waals surface area contributed by atoms with Crippen molar-refractivity contribution in [2.24, 2.45) is 0 Å². The smallest absolute Gasteiger partial charge is 0.252 e. The molecule has 0 saturated carbocycles. The molecule has 1 N–H and O–H groups in total. The molecule has 6 nitrogen and oxygen atoms in total. The van der Waals surface area contributed by atoms with E-state index in [2.05, 4.69) is 14.8 Å². The van der Waals surface area contributed by atoms with E-state index in [9.17, 15) is 9.18 Å². The Bertz CT molecular complexity index is 863. The minimum absolute atomic E-state index is 0.0980. The molecule has 7 heteroatoms. The fourth-order valence-electron chi connectivity index (χ4n) is 4.01. The number of halogens is 1. The van der Waals surface area contributed by atoms with Crippen LogP contribution >= 0.6 is 0 Å². The maximum absolute atomic E-state index is 14.1. The Morgan fingerprint density at radius 3 is 2.85 bits per heavy atom. The van der Waals surface area contributed by atoms with Crippen LogP contribution in [0.3, 0.4) is 0 Å². The van der Waals surface area contributed by atoms with Crippen LogP contribution in [0, 0.1) is 5.82 Å². The van der Waals surface area contributed by atoms with Gasteiger partial charge in [0.1, 0.15) is 11.6 Å². The summed E-state index contributed by atoms with van der Waals surface area (Å²) in [6, 6.07) is 6.44. The van der Waals surface area contributed by atoms with Gasteiger partial charge in [0.25, 0.3) is 5.56 Å². The van der Waals surface area contributed by atoms with Gasteiger partial charge in [0.05, 0.1) is 12.8 Å². The average Bonchev–Trinajstić information content (AvgIpc) is 3.35. The molecule has 2 aromatic rings. The molecule has 1 aromatic heterocycles. The molecule has 0 bridgehead atoms. The van der Waals surface area contributed by atoms with Crippen LogP contribution < -0.4 is 15.2 Å². The van der Waals surface area contributed by atoms with E-state index in [4.69, 9.17) is 9.72 Å². The first-order valence-electron chi connectivity index (χ1n) is 9.53. The summed E-state index contributed by atoms with van der Waals surface area (Å²) in [6.07, 6.45) is 3.19. The quantitative estimate of drug-likeness (QED) is 0.874. The monoisotopic (exact) mass is 372 g/mol. The fraction of sp³-hybridized carbons (Fsp3) is 0.500. The first-order valence-corrected chi connectivity index (χ1v) is 9.53. The second-order valence-electron chi connectivity index (χ2n) is 7.37. The van der Waals surface area contributed by atoms with Gasteiger partial charge in [-0.1, -0.05) is 0 Å². The number of anilines is 1. The maximum Gasteiger partial charge on any atom is 0.252 e. The molecule has 4 rings (SSSR count). The number of aromatic amines is 1. The number of H-pyrrole nitrogens is 1. The summed E-state index contributed by atoms with van der Waals surface area (Å²) in [7, 11) is 1.58. The lowest BCUT2D eigenvalue weighted by Gasteiger charge is -2.19. The number of likely N-dealkylation sites (tertiary alicyclic amines) is 1. The van der Waals surface area contributed by atoms with E-state index in [1.165, 1.54) is 6.07 Å². The van der Waals surface area contributed by atoms with Crippen molar-refractivity contribution >= 4 is 5.95 Å². The first kappa shape index (κ1) is 18.0. The van der Waals surface area contributed by atoms with Crippen molar-refractivity contribution < 1.29 is 9.13 Å². The van der Waals surface area contributed by atoms with Crippen molar-refractivity contribution in [1.29, 1.82) is 0 Å². The van der Waals surface area contributed by atoms with Crippen LogP contribution in [0.25, 0.3) is 0 Å². The van der Waals surface area contributed by atoms with Crippen molar-refractivity contribution in [1.82, 2.24) is 14.9 Å². The highest BCUT2D eigenvalue weighted by molar-refractivity contribution is 5.33. The topological polar surface area (TPSA) is 61.5 Å². The Labute approximate surface area is 158 Å². The van der Waals surface area contributed by atoms with Gasteiger partial charge in [-0.15, -0.1) is 0 Å². The highest BCUT2D eigenvalue weighted by Crippen LogP contribution is 2.28. The largest absolute Gasteiger partial charge is 0.497 e. The number of benzene rings is 1. The number of methoxy groups -OCH3 is 1. The van der Waals surface area contributed by atoms with E-state index < -0.39 is 0 Å². The van der Waals surface area contributed by atoms with Gasteiger partial charge in [-0.3, -0.25) is 14.7 Å². The van der Waals surface area contributed by atoms with Crippen molar-refractivity contribution in [2.45, 2.75) is 31.7 Å². The average molecular weight is 372 g/mol. The van der Waals surface area contributed by atoms with E-state index in [1.54, 1.807) is 25.3 Å². The third-order valence-corrected chi connectivity index (χ3v) is 5.49. The molecule has 0 aliphatic carbocycles.